The average molecular weight is 549 g/mol. The average Bonchev–Trinajstić information content (AvgIpc) is 3.93. The van der Waals surface area contributed by atoms with Crippen LogP contribution in [0.4, 0.5) is 4.39 Å². The van der Waals surface area contributed by atoms with E-state index in [0.717, 1.165) is 31.9 Å². The SMILES string of the molecule is N#Cc1ccc(O)cc1.N#Cc1ccc(Oc2ccc(C(=O)C3CC3)nc2)cc1.O=C(c1ccc(F)cn1)C1CC1. The van der Waals surface area contributed by atoms with E-state index in [4.69, 9.17) is 20.4 Å². The van der Waals surface area contributed by atoms with Gasteiger partial charge in [0.1, 0.15) is 34.5 Å². The number of halogens is 1. The summed E-state index contributed by atoms with van der Waals surface area (Å²) in [5, 5.41) is 25.8. The van der Waals surface area contributed by atoms with E-state index in [1.807, 2.05) is 12.1 Å². The second-order valence-corrected chi connectivity index (χ2v) is 9.41. The highest BCUT2D eigenvalue weighted by Gasteiger charge is 2.31. The van der Waals surface area contributed by atoms with Crippen LogP contribution in [0.15, 0.2) is 85.2 Å². The van der Waals surface area contributed by atoms with E-state index in [2.05, 4.69) is 9.97 Å². The Bertz CT molecular complexity index is 1570. The molecule has 2 aliphatic carbocycles. The summed E-state index contributed by atoms with van der Waals surface area (Å²) in [6.45, 7) is 0. The molecule has 2 heterocycles. The van der Waals surface area contributed by atoms with E-state index >= 15 is 0 Å². The molecule has 0 atom stereocenters. The van der Waals surface area contributed by atoms with Crippen LogP contribution in [0.1, 0.15) is 57.8 Å². The zero-order chi connectivity index (χ0) is 29.2. The van der Waals surface area contributed by atoms with Crippen LogP contribution in [0.5, 0.6) is 17.2 Å². The van der Waals surface area contributed by atoms with Crippen LogP contribution in [-0.2, 0) is 0 Å². The molecule has 204 valence electrons. The number of aromatic nitrogens is 2. The Balaban J connectivity index is 0.000000156. The van der Waals surface area contributed by atoms with Gasteiger partial charge in [0.05, 0.1) is 35.7 Å². The van der Waals surface area contributed by atoms with Crippen LogP contribution < -0.4 is 4.74 Å². The van der Waals surface area contributed by atoms with Crippen molar-refractivity contribution in [2.24, 2.45) is 11.8 Å². The van der Waals surface area contributed by atoms with E-state index in [0.29, 0.717) is 34.0 Å². The number of carbonyl (C=O) groups is 2. The molecule has 2 saturated carbocycles. The maximum atomic E-state index is 12.4. The lowest BCUT2D eigenvalue weighted by atomic mass is 10.2. The normalized spacial score (nSPS) is 13.1. The molecule has 41 heavy (non-hydrogen) atoms. The Morgan fingerprint density at radius 1 is 0.707 bits per heavy atom. The minimum atomic E-state index is -0.401. The summed E-state index contributed by atoms with van der Waals surface area (Å²) >= 11 is 0. The quantitative estimate of drug-likeness (QED) is 0.273. The van der Waals surface area contributed by atoms with Crippen molar-refractivity contribution in [3.05, 3.63) is 114 Å². The number of carbonyl (C=O) groups excluding carboxylic acids is 2. The van der Waals surface area contributed by atoms with Gasteiger partial charge in [-0.1, -0.05) is 0 Å². The number of ether oxygens (including phenoxy) is 1. The maximum Gasteiger partial charge on any atom is 0.184 e. The number of Topliss-reactive ketones (excluding diaryl/α,β-unsaturated/α-hetero) is 2. The van der Waals surface area contributed by atoms with Gasteiger partial charge in [-0.05, 0) is 98.5 Å². The minimum Gasteiger partial charge on any atom is -0.508 e. The number of nitrogens with zero attached hydrogens (tertiary/aromatic N) is 4. The highest BCUT2D eigenvalue weighted by molar-refractivity contribution is 5.98. The number of rotatable bonds is 6. The molecule has 9 heteroatoms. The Morgan fingerprint density at radius 2 is 1.17 bits per heavy atom. The highest BCUT2D eigenvalue weighted by Crippen LogP contribution is 2.33. The fourth-order valence-electron chi connectivity index (χ4n) is 3.49. The van der Waals surface area contributed by atoms with E-state index in [1.165, 1.54) is 24.3 Å². The van der Waals surface area contributed by atoms with Gasteiger partial charge in [0.25, 0.3) is 0 Å². The maximum absolute atomic E-state index is 12.4. The second-order valence-electron chi connectivity index (χ2n) is 9.41. The Labute approximate surface area is 236 Å². The summed E-state index contributed by atoms with van der Waals surface area (Å²) < 4.78 is 18.0. The molecule has 0 radical (unpaired) electrons. The van der Waals surface area contributed by atoms with Crippen LogP contribution in [0.3, 0.4) is 0 Å². The molecule has 2 aromatic carbocycles. The number of phenols is 1. The number of aromatic hydroxyl groups is 1. The molecule has 2 aliphatic rings. The molecule has 0 aliphatic heterocycles. The van der Waals surface area contributed by atoms with Crippen molar-refractivity contribution in [3.63, 3.8) is 0 Å². The lowest BCUT2D eigenvalue weighted by Crippen LogP contribution is -2.03. The summed E-state index contributed by atoms with van der Waals surface area (Å²) in [7, 11) is 0. The number of nitriles is 2. The topological polar surface area (TPSA) is 137 Å². The smallest absolute Gasteiger partial charge is 0.184 e. The fourth-order valence-corrected chi connectivity index (χ4v) is 3.49. The molecule has 0 unspecified atom stereocenters. The van der Waals surface area contributed by atoms with Gasteiger partial charge in [-0.15, -0.1) is 0 Å². The molecule has 0 bridgehead atoms. The van der Waals surface area contributed by atoms with Crippen molar-refractivity contribution < 1.29 is 23.8 Å². The highest BCUT2D eigenvalue weighted by atomic mass is 19.1. The van der Waals surface area contributed by atoms with Gasteiger partial charge in [-0.2, -0.15) is 10.5 Å². The predicted octanol–water partition coefficient (Wildman–Crippen LogP) is 6.42. The largest absolute Gasteiger partial charge is 0.508 e. The Morgan fingerprint density at radius 3 is 1.59 bits per heavy atom. The number of pyridine rings is 2. The van der Waals surface area contributed by atoms with Crippen LogP contribution in [0.25, 0.3) is 0 Å². The van der Waals surface area contributed by atoms with E-state index in [-0.39, 0.29) is 29.2 Å². The van der Waals surface area contributed by atoms with Crippen LogP contribution in [0.2, 0.25) is 0 Å². The van der Waals surface area contributed by atoms with Crippen molar-refractivity contribution in [2.75, 3.05) is 0 Å². The first-order chi connectivity index (χ1) is 19.9. The first-order valence-electron chi connectivity index (χ1n) is 12.9. The van der Waals surface area contributed by atoms with Gasteiger partial charge in [-0.3, -0.25) is 14.6 Å². The number of hydrogen-bond acceptors (Lipinski definition) is 8. The Hall–Kier alpha value is -5.41. The molecule has 0 amide bonds. The first-order valence-corrected chi connectivity index (χ1v) is 12.9. The van der Waals surface area contributed by atoms with Gasteiger partial charge in [-0.25, -0.2) is 9.37 Å². The van der Waals surface area contributed by atoms with E-state index < -0.39 is 5.82 Å². The first kappa shape index (κ1) is 28.6. The van der Waals surface area contributed by atoms with Crippen LogP contribution in [-0.4, -0.2) is 26.6 Å². The van der Waals surface area contributed by atoms with Gasteiger partial charge in [0.15, 0.2) is 11.6 Å². The van der Waals surface area contributed by atoms with Crippen molar-refractivity contribution in [2.45, 2.75) is 25.7 Å². The third kappa shape index (κ3) is 8.81. The molecule has 4 aromatic rings. The number of ketones is 2. The molecule has 0 saturated heterocycles. The fraction of sp³-hybridized carbons (Fsp3) is 0.188. The molecule has 1 N–H and O–H groups in total. The number of hydrogen-bond donors (Lipinski definition) is 1. The van der Waals surface area contributed by atoms with Gasteiger partial charge < -0.3 is 9.84 Å². The zero-order valence-electron chi connectivity index (χ0n) is 21.9. The lowest BCUT2D eigenvalue weighted by Gasteiger charge is -2.05. The summed E-state index contributed by atoms with van der Waals surface area (Å²) in [6.07, 6.45) is 6.49. The molecule has 8 nitrogen and oxygen atoms in total. The predicted molar refractivity (Wildman–Crippen MR) is 147 cm³/mol. The molecule has 2 aromatic heterocycles. The number of benzene rings is 2. The molecular formula is C32H25FN4O4. The molecular weight excluding hydrogens is 523 g/mol. The zero-order valence-corrected chi connectivity index (χ0v) is 21.9. The third-order valence-electron chi connectivity index (χ3n) is 6.08. The lowest BCUT2D eigenvalue weighted by molar-refractivity contribution is 0.0955. The van der Waals surface area contributed by atoms with Crippen molar-refractivity contribution in [1.82, 2.24) is 9.97 Å². The van der Waals surface area contributed by atoms with Gasteiger partial charge >= 0.3 is 0 Å². The van der Waals surface area contributed by atoms with Crippen LogP contribution >= 0.6 is 0 Å². The second kappa shape index (κ2) is 13.6. The van der Waals surface area contributed by atoms with Crippen molar-refractivity contribution in [1.29, 1.82) is 10.5 Å². The van der Waals surface area contributed by atoms with Crippen molar-refractivity contribution in [3.8, 4) is 29.4 Å². The standard InChI is InChI=1S/C16H12N2O2.C9H8FNO.C7H5NO/c17-9-11-1-5-13(6-2-11)20-14-7-8-15(18-10-14)16(19)12-3-4-12;10-7-3-4-8(11-5-7)9(12)6-1-2-6;8-5-6-1-3-7(9)4-2-6/h1-2,5-8,10,12H,3-4H2;3-6H,1-2H2;1-4,9H. The third-order valence-corrected chi connectivity index (χ3v) is 6.08. The van der Waals surface area contributed by atoms with Gasteiger partial charge in [0.2, 0.25) is 0 Å². The summed E-state index contributed by atoms with van der Waals surface area (Å²) in [5.74, 6) is 1.49. The van der Waals surface area contributed by atoms with Gasteiger partial charge in [0, 0.05) is 11.8 Å². The molecule has 6 rings (SSSR count). The van der Waals surface area contributed by atoms with E-state index in [1.54, 1.807) is 54.7 Å². The number of phenolic OH excluding ortho intramolecular Hbond substituents is 1. The van der Waals surface area contributed by atoms with Crippen molar-refractivity contribution >= 4 is 11.6 Å². The monoisotopic (exact) mass is 548 g/mol. The summed E-state index contributed by atoms with van der Waals surface area (Å²) in [4.78, 5) is 31.0. The molecule has 0 spiro atoms. The summed E-state index contributed by atoms with van der Waals surface area (Å²) in [6, 6.07) is 23.1. The summed E-state index contributed by atoms with van der Waals surface area (Å²) in [5.41, 5.74) is 2.03. The molecule has 2 fully saturated rings. The van der Waals surface area contributed by atoms with E-state index in [9.17, 15) is 14.0 Å². The van der Waals surface area contributed by atoms with Crippen LogP contribution in [0, 0.1) is 40.3 Å². The Kier molecular flexibility index (Phi) is 9.48. The minimum absolute atomic E-state index is 0.0509.